The summed E-state index contributed by atoms with van der Waals surface area (Å²) >= 11 is 0. The Kier molecular flexibility index (Phi) is 6.50. The number of carboxylic acids is 1. The molecule has 0 aromatic carbocycles. The molecule has 0 aliphatic heterocycles. The first-order chi connectivity index (χ1) is 9.00. The molecule has 1 atom stereocenters. The van der Waals surface area contributed by atoms with Crippen LogP contribution in [-0.4, -0.2) is 40.6 Å². The van der Waals surface area contributed by atoms with E-state index in [9.17, 15) is 9.90 Å². The molecular weight excluding hydrogens is 240 g/mol. The highest BCUT2D eigenvalue weighted by atomic mass is 16.4. The fourth-order valence-electron chi connectivity index (χ4n) is 2.15. The highest BCUT2D eigenvalue weighted by Crippen LogP contribution is 2.12. The zero-order chi connectivity index (χ0) is 14.3. The van der Waals surface area contributed by atoms with Gasteiger partial charge in [0, 0.05) is 12.4 Å². The van der Waals surface area contributed by atoms with Gasteiger partial charge < -0.3 is 5.11 Å². The lowest BCUT2D eigenvalue weighted by Gasteiger charge is -2.25. The van der Waals surface area contributed by atoms with E-state index in [0.29, 0.717) is 12.3 Å². The topological polar surface area (TPSA) is 53.4 Å². The van der Waals surface area contributed by atoms with Crippen LogP contribution in [0.25, 0.3) is 0 Å². The number of hydrogen-bond donors (Lipinski definition) is 1. The normalized spacial score (nSPS) is 12.9. The minimum atomic E-state index is -0.722. The number of pyridine rings is 1. The fourth-order valence-corrected chi connectivity index (χ4v) is 2.15. The van der Waals surface area contributed by atoms with Crippen molar-refractivity contribution in [2.24, 2.45) is 5.92 Å². The maximum atomic E-state index is 11.3. The molecule has 0 fully saturated rings. The van der Waals surface area contributed by atoms with E-state index in [1.165, 1.54) is 5.56 Å². The van der Waals surface area contributed by atoms with Crippen molar-refractivity contribution in [3.8, 4) is 0 Å². The summed E-state index contributed by atoms with van der Waals surface area (Å²) in [6, 6.07) is 3.63. The van der Waals surface area contributed by atoms with Crippen LogP contribution in [0.2, 0.25) is 0 Å². The Labute approximate surface area is 115 Å². The molecule has 4 nitrogen and oxygen atoms in total. The van der Waals surface area contributed by atoms with Gasteiger partial charge in [0.05, 0.1) is 0 Å². The predicted octanol–water partition coefficient (Wildman–Crippen LogP) is 2.45. The van der Waals surface area contributed by atoms with Gasteiger partial charge in [-0.1, -0.05) is 13.8 Å². The second-order valence-corrected chi connectivity index (χ2v) is 5.42. The largest absolute Gasteiger partial charge is 0.480 e. The van der Waals surface area contributed by atoms with Gasteiger partial charge in [0.1, 0.15) is 6.04 Å². The van der Waals surface area contributed by atoms with Crippen LogP contribution >= 0.6 is 0 Å². The summed E-state index contributed by atoms with van der Waals surface area (Å²) in [7, 11) is 1.90. The average Bonchev–Trinajstić information content (AvgIpc) is 2.36. The molecule has 0 spiro atoms. The Morgan fingerprint density at radius 3 is 2.53 bits per heavy atom. The maximum absolute atomic E-state index is 11.3. The van der Waals surface area contributed by atoms with E-state index in [1.807, 2.05) is 24.1 Å². The Bertz CT molecular complexity index is 379. The van der Waals surface area contributed by atoms with Gasteiger partial charge in [0.25, 0.3) is 0 Å². The van der Waals surface area contributed by atoms with Gasteiger partial charge in [-0.3, -0.25) is 14.7 Å². The van der Waals surface area contributed by atoms with E-state index in [4.69, 9.17) is 0 Å². The van der Waals surface area contributed by atoms with E-state index in [2.05, 4.69) is 18.8 Å². The van der Waals surface area contributed by atoms with Gasteiger partial charge in [-0.05, 0) is 56.5 Å². The average molecular weight is 264 g/mol. The van der Waals surface area contributed by atoms with Crippen molar-refractivity contribution in [1.82, 2.24) is 9.88 Å². The molecule has 1 heterocycles. The number of carboxylic acid groups (broad SMARTS) is 1. The van der Waals surface area contributed by atoms with Gasteiger partial charge in [-0.15, -0.1) is 0 Å². The molecule has 1 aromatic heterocycles. The van der Waals surface area contributed by atoms with E-state index in [-0.39, 0.29) is 6.04 Å². The van der Waals surface area contributed by atoms with Crippen LogP contribution in [0.3, 0.4) is 0 Å². The minimum absolute atomic E-state index is 0.377. The molecule has 1 aromatic rings. The van der Waals surface area contributed by atoms with E-state index < -0.39 is 5.97 Å². The van der Waals surface area contributed by atoms with Crippen LogP contribution in [0.5, 0.6) is 0 Å². The fraction of sp³-hybridized carbons (Fsp3) is 0.600. The molecule has 1 rings (SSSR count). The van der Waals surface area contributed by atoms with Crippen LogP contribution in [-0.2, 0) is 11.2 Å². The minimum Gasteiger partial charge on any atom is -0.480 e. The molecular formula is C15H24N2O2. The number of nitrogens with zero attached hydrogens (tertiary/aromatic N) is 2. The monoisotopic (exact) mass is 264 g/mol. The van der Waals surface area contributed by atoms with Crippen molar-refractivity contribution in [3.63, 3.8) is 0 Å². The third kappa shape index (κ3) is 5.83. The Hall–Kier alpha value is -1.42. The summed E-state index contributed by atoms with van der Waals surface area (Å²) in [6.45, 7) is 4.91. The lowest BCUT2D eigenvalue weighted by atomic mass is 10.0. The summed E-state index contributed by atoms with van der Waals surface area (Å²) in [5, 5.41) is 9.26. The van der Waals surface area contributed by atoms with Crippen molar-refractivity contribution >= 4 is 5.97 Å². The van der Waals surface area contributed by atoms with Crippen molar-refractivity contribution in [2.75, 3.05) is 13.6 Å². The van der Waals surface area contributed by atoms with Gasteiger partial charge >= 0.3 is 5.97 Å². The quantitative estimate of drug-likeness (QED) is 0.783. The van der Waals surface area contributed by atoms with Crippen molar-refractivity contribution in [3.05, 3.63) is 30.1 Å². The molecule has 1 N–H and O–H groups in total. The second kappa shape index (κ2) is 7.89. The molecule has 0 amide bonds. The summed E-state index contributed by atoms with van der Waals surface area (Å²) in [5.74, 6) is -0.330. The molecule has 4 heteroatoms. The zero-order valence-electron chi connectivity index (χ0n) is 12.0. The van der Waals surface area contributed by atoms with E-state index in [1.54, 1.807) is 12.4 Å². The second-order valence-electron chi connectivity index (χ2n) is 5.42. The zero-order valence-corrected chi connectivity index (χ0v) is 12.0. The smallest absolute Gasteiger partial charge is 0.320 e. The van der Waals surface area contributed by atoms with Crippen molar-refractivity contribution in [2.45, 2.75) is 39.2 Å². The van der Waals surface area contributed by atoms with Gasteiger partial charge in [-0.25, -0.2) is 0 Å². The molecule has 0 aliphatic carbocycles. The number of carbonyl (C=O) groups is 1. The van der Waals surface area contributed by atoms with Crippen molar-refractivity contribution < 1.29 is 9.90 Å². The van der Waals surface area contributed by atoms with Crippen LogP contribution in [0, 0.1) is 5.92 Å². The number of aliphatic carboxylic acids is 1. The highest BCUT2D eigenvalue weighted by molar-refractivity contribution is 5.73. The molecule has 19 heavy (non-hydrogen) atoms. The third-order valence-corrected chi connectivity index (χ3v) is 3.24. The summed E-state index contributed by atoms with van der Waals surface area (Å²) in [6.07, 6.45) is 6.19. The van der Waals surface area contributed by atoms with Gasteiger partial charge in [0.15, 0.2) is 0 Å². The molecule has 0 radical (unpaired) electrons. The lowest BCUT2D eigenvalue weighted by Crippen LogP contribution is -2.40. The van der Waals surface area contributed by atoms with Gasteiger partial charge in [0.2, 0.25) is 0 Å². The van der Waals surface area contributed by atoms with Gasteiger partial charge in [-0.2, -0.15) is 0 Å². The Morgan fingerprint density at radius 2 is 2.00 bits per heavy atom. The van der Waals surface area contributed by atoms with Crippen LogP contribution in [0.15, 0.2) is 24.5 Å². The number of rotatable bonds is 8. The number of likely N-dealkylation sites (N-methyl/N-ethyl adjacent to an activating group) is 1. The molecule has 0 saturated carbocycles. The maximum Gasteiger partial charge on any atom is 0.320 e. The summed E-state index contributed by atoms with van der Waals surface area (Å²) in [4.78, 5) is 17.2. The summed E-state index contributed by atoms with van der Waals surface area (Å²) in [5.41, 5.74) is 1.25. The third-order valence-electron chi connectivity index (χ3n) is 3.24. The standard InChI is InChI=1S/C15H24N2O2/c1-12(2)11-14(15(18)19)17(3)10-4-5-13-6-8-16-9-7-13/h6-9,12,14H,4-5,10-11H2,1-3H3,(H,18,19). The first-order valence-corrected chi connectivity index (χ1v) is 6.82. The number of aromatic nitrogens is 1. The predicted molar refractivity (Wildman–Crippen MR) is 76.1 cm³/mol. The number of aryl methyl sites for hydroxylation is 1. The van der Waals surface area contributed by atoms with E-state index in [0.717, 1.165) is 19.4 Å². The lowest BCUT2D eigenvalue weighted by molar-refractivity contribution is -0.143. The first kappa shape index (κ1) is 15.6. The molecule has 0 bridgehead atoms. The summed E-state index contributed by atoms with van der Waals surface area (Å²) < 4.78 is 0. The van der Waals surface area contributed by atoms with E-state index >= 15 is 0 Å². The van der Waals surface area contributed by atoms with Crippen LogP contribution in [0.1, 0.15) is 32.3 Å². The Morgan fingerprint density at radius 1 is 1.37 bits per heavy atom. The SMILES string of the molecule is CC(C)CC(C(=O)O)N(C)CCCc1ccncc1. The Balaban J connectivity index is 2.40. The van der Waals surface area contributed by atoms with Crippen molar-refractivity contribution in [1.29, 1.82) is 0 Å². The molecule has 0 aliphatic rings. The molecule has 0 saturated heterocycles. The molecule has 1 unspecified atom stereocenters. The highest BCUT2D eigenvalue weighted by Gasteiger charge is 2.22. The molecule has 106 valence electrons. The van der Waals surface area contributed by atoms with Crippen LogP contribution in [0.4, 0.5) is 0 Å². The first-order valence-electron chi connectivity index (χ1n) is 6.82. The van der Waals surface area contributed by atoms with Crippen LogP contribution < -0.4 is 0 Å². The number of hydrogen-bond acceptors (Lipinski definition) is 3.